The first-order valence-electron chi connectivity index (χ1n) is 5.33. The summed E-state index contributed by atoms with van der Waals surface area (Å²) in [5.74, 6) is 0. The second kappa shape index (κ2) is 2.70. The number of aromatic amines is 1. The number of nitrogens with one attached hydrogen (secondary N) is 1. The van der Waals surface area contributed by atoms with Gasteiger partial charge in [0.05, 0.1) is 16.7 Å². The van der Waals surface area contributed by atoms with Gasteiger partial charge in [-0.3, -0.25) is 9.97 Å². The molecule has 4 rings (SSSR count). The Bertz CT molecular complexity index is 697. The summed E-state index contributed by atoms with van der Waals surface area (Å²) in [6.45, 7) is 0. The summed E-state index contributed by atoms with van der Waals surface area (Å²) in [6.07, 6.45) is 4.58. The molecule has 0 bridgehead atoms. The fraction of sp³-hybridized carbons (Fsp3) is 0.0769. The van der Waals surface area contributed by atoms with E-state index in [2.05, 4.69) is 27.1 Å². The van der Waals surface area contributed by atoms with Crippen molar-refractivity contribution in [2.75, 3.05) is 0 Å². The van der Waals surface area contributed by atoms with E-state index in [1.54, 1.807) is 0 Å². The molecular weight excluding hydrogens is 198 g/mol. The van der Waals surface area contributed by atoms with Crippen LogP contribution in [0.15, 0.2) is 36.7 Å². The van der Waals surface area contributed by atoms with Gasteiger partial charge in [0.15, 0.2) is 0 Å². The van der Waals surface area contributed by atoms with Crippen LogP contribution in [0, 0.1) is 0 Å². The summed E-state index contributed by atoms with van der Waals surface area (Å²) >= 11 is 0. The lowest BCUT2D eigenvalue weighted by Crippen LogP contribution is -1.86. The van der Waals surface area contributed by atoms with E-state index in [-0.39, 0.29) is 0 Å². The SMILES string of the molecule is c1cnc2c(c1)-c1c([nH]c3cccnc13)C2. The van der Waals surface area contributed by atoms with Crippen LogP contribution in [-0.2, 0) is 6.42 Å². The lowest BCUT2D eigenvalue weighted by atomic mass is 10.1. The van der Waals surface area contributed by atoms with Crippen LogP contribution in [0.4, 0.5) is 0 Å². The molecule has 0 aliphatic heterocycles. The minimum atomic E-state index is 0.891. The van der Waals surface area contributed by atoms with Gasteiger partial charge in [-0.05, 0) is 18.2 Å². The molecule has 3 nitrogen and oxygen atoms in total. The molecule has 0 atom stereocenters. The molecule has 0 saturated heterocycles. The van der Waals surface area contributed by atoms with Crippen molar-refractivity contribution >= 4 is 11.0 Å². The lowest BCUT2D eigenvalue weighted by molar-refractivity contribution is 1.08. The highest BCUT2D eigenvalue weighted by Crippen LogP contribution is 2.39. The van der Waals surface area contributed by atoms with E-state index in [4.69, 9.17) is 0 Å². The molecule has 76 valence electrons. The van der Waals surface area contributed by atoms with E-state index in [0.717, 1.165) is 23.1 Å². The first-order valence-corrected chi connectivity index (χ1v) is 5.33. The maximum Gasteiger partial charge on any atom is 0.0960 e. The number of pyridine rings is 2. The number of aromatic nitrogens is 3. The van der Waals surface area contributed by atoms with Crippen molar-refractivity contribution in [3.63, 3.8) is 0 Å². The van der Waals surface area contributed by atoms with E-state index in [1.165, 1.54) is 16.8 Å². The van der Waals surface area contributed by atoms with Crippen LogP contribution >= 0.6 is 0 Å². The zero-order valence-corrected chi connectivity index (χ0v) is 8.57. The predicted octanol–water partition coefficient (Wildman–Crippen LogP) is 2.53. The molecule has 3 aromatic rings. The summed E-state index contributed by atoms with van der Waals surface area (Å²) < 4.78 is 0. The van der Waals surface area contributed by atoms with E-state index in [9.17, 15) is 0 Å². The fourth-order valence-electron chi connectivity index (χ4n) is 2.47. The zero-order valence-electron chi connectivity index (χ0n) is 8.57. The van der Waals surface area contributed by atoms with Crippen molar-refractivity contribution in [2.45, 2.75) is 6.42 Å². The standard InChI is InChI=1S/C13H9N3/c1-3-8-10(14-5-1)7-11-12(8)13-9(16-11)4-2-6-15-13/h1-6,16H,7H2. The van der Waals surface area contributed by atoms with Crippen LogP contribution < -0.4 is 0 Å². The summed E-state index contributed by atoms with van der Waals surface area (Å²) in [7, 11) is 0. The van der Waals surface area contributed by atoms with Crippen LogP contribution in [0.3, 0.4) is 0 Å². The fourth-order valence-corrected chi connectivity index (χ4v) is 2.47. The quantitative estimate of drug-likeness (QED) is 0.481. The topological polar surface area (TPSA) is 41.6 Å². The van der Waals surface area contributed by atoms with Gasteiger partial charge in [-0.15, -0.1) is 0 Å². The number of hydrogen-bond acceptors (Lipinski definition) is 2. The number of fused-ring (bicyclic) bond motifs is 5. The highest BCUT2D eigenvalue weighted by atomic mass is 14.8. The monoisotopic (exact) mass is 207 g/mol. The molecule has 0 radical (unpaired) electrons. The molecule has 0 fully saturated rings. The average molecular weight is 207 g/mol. The first kappa shape index (κ1) is 8.05. The van der Waals surface area contributed by atoms with Crippen molar-refractivity contribution in [3.05, 3.63) is 48.0 Å². The van der Waals surface area contributed by atoms with Crippen molar-refractivity contribution in [1.29, 1.82) is 0 Å². The molecule has 1 aliphatic rings. The lowest BCUT2D eigenvalue weighted by Gasteiger charge is -1.97. The van der Waals surface area contributed by atoms with Crippen LogP contribution in [-0.4, -0.2) is 15.0 Å². The van der Waals surface area contributed by atoms with Crippen LogP contribution in [0.25, 0.3) is 22.2 Å². The molecule has 1 N–H and O–H groups in total. The third-order valence-electron chi connectivity index (χ3n) is 3.14. The Balaban J connectivity index is 2.15. The Morgan fingerprint density at radius 3 is 2.94 bits per heavy atom. The zero-order chi connectivity index (χ0) is 10.5. The molecule has 0 aromatic carbocycles. The van der Waals surface area contributed by atoms with Gasteiger partial charge in [0.25, 0.3) is 0 Å². The molecule has 3 heteroatoms. The summed E-state index contributed by atoms with van der Waals surface area (Å²) in [5, 5.41) is 0. The van der Waals surface area contributed by atoms with Gasteiger partial charge in [-0.25, -0.2) is 0 Å². The second-order valence-corrected chi connectivity index (χ2v) is 4.05. The van der Waals surface area contributed by atoms with Gasteiger partial charge in [-0.2, -0.15) is 0 Å². The Morgan fingerprint density at radius 1 is 1.06 bits per heavy atom. The van der Waals surface area contributed by atoms with Crippen LogP contribution in [0.5, 0.6) is 0 Å². The molecule has 0 spiro atoms. The van der Waals surface area contributed by atoms with Gasteiger partial charge in [0, 0.05) is 35.6 Å². The van der Waals surface area contributed by atoms with Gasteiger partial charge in [0.1, 0.15) is 0 Å². The van der Waals surface area contributed by atoms with Gasteiger partial charge in [-0.1, -0.05) is 6.07 Å². The summed E-state index contributed by atoms with van der Waals surface area (Å²) in [4.78, 5) is 12.3. The second-order valence-electron chi connectivity index (χ2n) is 4.05. The average Bonchev–Trinajstić information content (AvgIpc) is 2.83. The highest BCUT2D eigenvalue weighted by molar-refractivity contribution is 5.97. The largest absolute Gasteiger partial charge is 0.356 e. The molecule has 16 heavy (non-hydrogen) atoms. The van der Waals surface area contributed by atoms with Gasteiger partial charge >= 0.3 is 0 Å². The Kier molecular flexibility index (Phi) is 1.36. The maximum atomic E-state index is 4.45. The molecule has 1 aliphatic carbocycles. The number of rotatable bonds is 0. The number of H-pyrrole nitrogens is 1. The number of nitrogens with zero attached hydrogens (tertiary/aromatic N) is 2. The van der Waals surface area contributed by atoms with Crippen molar-refractivity contribution in [2.24, 2.45) is 0 Å². The van der Waals surface area contributed by atoms with E-state index < -0.39 is 0 Å². The predicted molar refractivity (Wildman–Crippen MR) is 62.1 cm³/mol. The van der Waals surface area contributed by atoms with Crippen molar-refractivity contribution < 1.29 is 0 Å². The molecule has 0 saturated carbocycles. The van der Waals surface area contributed by atoms with E-state index in [0.29, 0.717) is 0 Å². The third-order valence-corrected chi connectivity index (χ3v) is 3.14. The summed E-state index contributed by atoms with van der Waals surface area (Å²) in [6, 6.07) is 8.13. The molecule has 0 unspecified atom stereocenters. The number of hydrogen-bond donors (Lipinski definition) is 1. The molecule has 3 aromatic heterocycles. The summed E-state index contributed by atoms with van der Waals surface area (Å²) in [5.41, 5.74) is 7.02. The smallest absolute Gasteiger partial charge is 0.0960 e. The first-order chi connectivity index (χ1) is 7.93. The minimum absolute atomic E-state index is 0.891. The molecular formula is C13H9N3. The normalized spacial score (nSPS) is 12.8. The molecule has 3 heterocycles. The van der Waals surface area contributed by atoms with Crippen LogP contribution in [0.1, 0.15) is 11.4 Å². The third kappa shape index (κ3) is 0.877. The van der Waals surface area contributed by atoms with E-state index >= 15 is 0 Å². The van der Waals surface area contributed by atoms with E-state index in [1.807, 2.05) is 24.5 Å². The van der Waals surface area contributed by atoms with Gasteiger partial charge in [0.2, 0.25) is 0 Å². The van der Waals surface area contributed by atoms with Crippen molar-refractivity contribution in [1.82, 2.24) is 15.0 Å². The van der Waals surface area contributed by atoms with Crippen LogP contribution in [0.2, 0.25) is 0 Å². The molecule has 0 amide bonds. The maximum absolute atomic E-state index is 4.45. The Labute approximate surface area is 92.2 Å². The Morgan fingerprint density at radius 2 is 1.94 bits per heavy atom. The minimum Gasteiger partial charge on any atom is -0.356 e. The Hall–Kier alpha value is -2.16. The van der Waals surface area contributed by atoms with Gasteiger partial charge < -0.3 is 4.98 Å². The highest BCUT2D eigenvalue weighted by Gasteiger charge is 2.24. The van der Waals surface area contributed by atoms with Crippen molar-refractivity contribution in [3.8, 4) is 11.1 Å².